The third-order valence-corrected chi connectivity index (χ3v) is 7.29. The summed E-state index contributed by atoms with van der Waals surface area (Å²) in [6, 6.07) is 4.30. The van der Waals surface area contributed by atoms with E-state index < -0.39 is 0 Å². The lowest BCUT2D eigenvalue weighted by atomic mass is 9.71. The van der Waals surface area contributed by atoms with E-state index in [0.29, 0.717) is 17.9 Å². The smallest absolute Gasteiger partial charge is 0.261 e. The molecule has 0 radical (unpaired) electrons. The summed E-state index contributed by atoms with van der Waals surface area (Å²) in [5.74, 6) is 0.731. The van der Waals surface area contributed by atoms with Gasteiger partial charge in [-0.15, -0.1) is 11.3 Å². The fourth-order valence-corrected chi connectivity index (χ4v) is 5.27. The van der Waals surface area contributed by atoms with Crippen molar-refractivity contribution in [2.45, 2.75) is 40.0 Å². The number of hydrogen-bond donors (Lipinski definition) is 2. The van der Waals surface area contributed by atoms with Crippen LogP contribution in [-0.4, -0.2) is 55.1 Å². The summed E-state index contributed by atoms with van der Waals surface area (Å²) >= 11 is 1.52. The second kappa shape index (κ2) is 8.09. The molecule has 1 aliphatic heterocycles. The Morgan fingerprint density at radius 2 is 2.11 bits per heavy atom. The fraction of sp³-hybridized carbons (Fsp3) is 0.636. The van der Waals surface area contributed by atoms with Crippen LogP contribution < -0.4 is 10.6 Å². The van der Waals surface area contributed by atoms with Crippen molar-refractivity contribution in [3.8, 4) is 0 Å². The van der Waals surface area contributed by atoms with Gasteiger partial charge in [0.1, 0.15) is 4.83 Å². The molecule has 5 nitrogen and oxygen atoms in total. The molecular weight excluding hydrogens is 368 g/mol. The Bertz CT molecular complexity index is 848. The average Bonchev–Trinajstić information content (AvgIpc) is 3.08. The van der Waals surface area contributed by atoms with Crippen LogP contribution in [0.3, 0.4) is 0 Å². The lowest BCUT2D eigenvalue weighted by Gasteiger charge is -2.34. The standard InChI is InChI=1S/C22H32N4OS/c1-22(2,3)17-4-5-18-15(13-17)12-16-14-19(28-21(16)25-18)20(27)24-8-11-26-9-6-23-7-10-26/h12,14,17,23H,4-11,13H2,1-3H3,(H,24,27). The topological polar surface area (TPSA) is 57.3 Å². The quantitative estimate of drug-likeness (QED) is 0.828. The van der Waals surface area contributed by atoms with E-state index in [0.717, 1.165) is 60.7 Å². The molecule has 2 N–H and O–H groups in total. The van der Waals surface area contributed by atoms with E-state index in [1.165, 1.54) is 29.0 Å². The molecule has 0 bridgehead atoms. The molecule has 1 atom stereocenters. The number of rotatable bonds is 4. The van der Waals surface area contributed by atoms with Crippen LogP contribution in [0.5, 0.6) is 0 Å². The highest BCUT2D eigenvalue weighted by molar-refractivity contribution is 7.20. The van der Waals surface area contributed by atoms with Gasteiger partial charge in [0.2, 0.25) is 0 Å². The molecule has 2 aromatic heterocycles. The molecule has 1 fully saturated rings. The van der Waals surface area contributed by atoms with Gasteiger partial charge in [0.25, 0.3) is 5.91 Å². The molecule has 3 heterocycles. The number of thiophene rings is 1. The minimum absolute atomic E-state index is 0.0312. The van der Waals surface area contributed by atoms with Crippen molar-refractivity contribution in [1.82, 2.24) is 20.5 Å². The maximum absolute atomic E-state index is 12.6. The van der Waals surface area contributed by atoms with E-state index in [1.807, 2.05) is 6.07 Å². The first-order valence-electron chi connectivity index (χ1n) is 10.5. The van der Waals surface area contributed by atoms with Gasteiger partial charge in [-0.25, -0.2) is 4.98 Å². The normalized spacial score (nSPS) is 20.9. The van der Waals surface area contributed by atoms with Crippen LogP contribution in [0.2, 0.25) is 0 Å². The van der Waals surface area contributed by atoms with E-state index in [4.69, 9.17) is 4.98 Å². The molecule has 4 rings (SSSR count). The summed E-state index contributed by atoms with van der Waals surface area (Å²) in [5, 5.41) is 7.56. The Hall–Kier alpha value is -1.50. The zero-order valence-corrected chi connectivity index (χ0v) is 18.1. The SMILES string of the molecule is CC(C)(C)C1CCc2nc3sc(C(=O)NCCN4CCNCC4)cc3cc2C1. The Morgan fingerprint density at radius 3 is 2.86 bits per heavy atom. The van der Waals surface area contributed by atoms with Crippen LogP contribution >= 0.6 is 11.3 Å². The van der Waals surface area contributed by atoms with Gasteiger partial charge in [0.15, 0.2) is 0 Å². The number of fused-ring (bicyclic) bond motifs is 2. The minimum Gasteiger partial charge on any atom is -0.350 e. The molecule has 6 heteroatoms. The van der Waals surface area contributed by atoms with Gasteiger partial charge in [-0.05, 0) is 48.3 Å². The number of nitrogens with one attached hydrogen (secondary N) is 2. The highest BCUT2D eigenvalue weighted by Gasteiger charge is 2.29. The first kappa shape index (κ1) is 19.8. The molecule has 1 amide bonds. The van der Waals surface area contributed by atoms with E-state index in [-0.39, 0.29) is 5.91 Å². The highest BCUT2D eigenvalue weighted by atomic mass is 32.1. The van der Waals surface area contributed by atoms with Crippen molar-refractivity contribution in [3.05, 3.63) is 28.3 Å². The largest absolute Gasteiger partial charge is 0.350 e. The summed E-state index contributed by atoms with van der Waals surface area (Å²) in [7, 11) is 0. The van der Waals surface area contributed by atoms with Crippen LogP contribution in [0.1, 0.15) is 48.1 Å². The summed E-state index contributed by atoms with van der Waals surface area (Å²) < 4.78 is 0. The second-order valence-electron chi connectivity index (χ2n) is 9.25. The monoisotopic (exact) mass is 400 g/mol. The molecule has 0 saturated carbocycles. The number of hydrogen-bond acceptors (Lipinski definition) is 5. The molecule has 152 valence electrons. The number of carbonyl (C=O) groups excluding carboxylic acids is 1. The molecule has 2 aliphatic rings. The van der Waals surface area contributed by atoms with E-state index >= 15 is 0 Å². The predicted octanol–water partition coefficient (Wildman–Crippen LogP) is 3.08. The van der Waals surface area contributed by atoms with Crippen LogP contribution in [0.25, 0.3) is 10.2 Å². The number of carbonyl (C=O) groups is 1. The minimum atomic E-state index is 0.0312. The molecular formula is C22H32N4OS. The number of amides is 1. The van der Waals surface area contributed by atoms with Gasteiger partial charge < -0.3 is 10.6 Å². The second-order valence-corrected chi connectivity index (χ2v) is 10.3. The molecule has 0 aromatic carbocycles. The maximum Gasteiger partial charge on any atom is 0.261 e. The number of piperazine rings is 1. The number of aromatic nitrogens is 1. The van der Waals surface area contributed by atoms with Crippen molar-refractivity contribution < 1.29 is 4.79 Å². The van der Waals surface area contributed by atoms with Gasteiger partial charge in [-0.2, -0.15) is 0 Å². The Balaban J connectivity index is 1.42. The third-order valence-electron chi connectivity index (χ3n) is 6.24. The molecule has 2 aromatic rings. The summed E-state index contributed by atoms with van der Waals surface area (Å²) in [6.45, 7) is 12.8. The van der Waals surface area contributed by atoms with Crippen LogP contribution in [0, 0.1) is 11.3 Å². The molecule has 0 spiro atoms. The lowest BCUT2D eigenvalue weighted by Crippen LogP contribution is -2.46. The molecule has 1 aliphatic carbocycles. The predicted molar refractivity (Wildman–Crippen MR) is 116 cm³/mol. The first-order valence-corrected chi connectivity index (χ1v) is 11.4. The first-order chi connectivity index (χ1) is 13.4. The van der Waals surface area contributed by atoms with Crippen molar-refractivity contribution in [3.63, 3.8) is 0 Å². The van der Waals surface area contributed by atoms with Crippen molar-refractivity contribution in [2.75, 3.05) is 39.3 Å². The van der Waals surface area contributed by atoms with Gasteiger partial charge >= 0.3 is 0 Å². The number of nitrogens with zero attached hydrogens (tertiary/aromatic N) is 2. The van der Waals surface area contributed by atoms with Gasteiger partial charge in [0, 0.05) is 50.3 Å². The lowest BCUT2D eigenvalue weighted by molar-refractivity contribution is 0.0951. The molecule has 1 unspecified atom stereocenters. The maximum atomic E-state index is 12.6. The summed E-state index contributed by atoms with van der Waals surface area (Å²) in [4.78, 5) is 21.7. The summed E-state index contributed by atoms with van der Waals surface area (Å²) in [6.07, 6.45) is 3.36. The van der Waals surface area contributed by atoms with Gasteiger partial charge in [-0.1, -0.05) is 20.8 Å². The third kappa shape index (κ3) is 4.39. The highest BCUT2D eigenvalue weighted by Crippen LogP contribution is 2.38. The van der Waals surface area contributed by atoms with Crippen molar-refractivity contribution >= 4 is 27.5 Å². The van der Waals surface area contributed by atoms with E-state index in [1.54, 1.807) is 0 Å². The van der Waals surface area contributed by atoms with Crippen LogP contribution in [-0.2, 0) is 12.8 Å². The van der Waals surface area contributed by atoms with E-state index in [9.17, 15) is 4.79 Å². The summed E-state index contributed by atoms with van der Waals surface area (Å²) in [5.41, 5.74) is 2.94. The Morgan fingerprint density at radius 1 is 1.32 bits per heavy atom. The average molecular weight is 401 g/mol. The number of pyridine rings is 1. The van der Waals surface area contributed by atoms with Crippen molar-refractivity contribution in [2.24, 2.45) is 11.3 Å². The Kier molecular flexibility index (Phi) is 5.72. The van der Waals surface area contributed by atoms with Gasteiger partial charge in [-0.3, -0.25) is 9.69 Å². The Labute approximate surface area is 171 Å². The van der Waals surface area contributed by atoms with Crippen LogP contribution in [0.4, 0.5) is 0 Å². The molecule has 1 saturated heterocycles. The van der Waals surface area contributed by atoms with E-state index in [2.05, 4.69) is 42.4 Å². The zero-order chi connectivity index (χ0) is 19.7. The van der Waals surface area contributed by atoms with Gasteiger partial charge in [0.05, 0.1) is 4.88 Å². The van der Waals surface area contributed by atoms with Crippen LogP contribution in [0.15, 0.2) is 12.1 Å². The number of aryl methyl sites for hydroxylation is 1. The zero-order valence-electron chi connectivity index (χ0n) is 17.3. The van der Waals surface area contributed by atoms with Crippen molar-refractivity contribution in [1.29, 1.82) is 0 Å². The fourth-order valence-electron chi connectivity index (χ4n) is 4.32. The molecule has 28 heavy (non-hydrogen) atoms.